The van der Waals surface area contributed by atoms with Crippen LogP contribution in [-0.2, 0) is 0 Å². The van der Waals surface area contributed by atoms with Crippen LogP contribution in [0.3, 0.4) is 0 Å². The van der Waals surface area contributed by atoms with Crippen LogP contribution in [0.4, 0.5) is 15.7 Å². The average Bonchev–Trinajstić information content (AvgIpc) is 3.00. The molecule has 3 aromatic rings. The second-order valence-electron chi connectivity index (χ2n) is 3.52. The third-order valence-corrected chi connectivity index (χ3v) is 3.77. The van der Waals surface area contributed by atoms with Gasteiger partial charge in [-0.15, -0.1) is 22.7 Å². The summed E-state index contributed by atoms with van der Waals surface area (Å²) in [6.07, 6.45) is 3.51. The highest BCUT2D eigenvalue weighted by Gasteiger charge is 2.12. The van der Waals surface area contributed by atoms with Gasteiger partial charge in [-0.25, -0.2) is 14.8 Å². The molecule has 2 N–H and O–H groups in total. The van der Waals surface area contributed by atoms with E-state index >= 15 is 0 Å². The van der Waals surface area contributed by atoms with Gasteiger partial charge in [-0.1, -0.05) is 0 Å². The summed E-state index contributed by atoms with van der Waals surface area (Å²) in [5.41, 5.74) is 0.788. The summed E-state index contributed by atoms with van der Waals surface area (Å²) in [5, 5.41) is 9.74. The number of imidazole rings is 1. The van der Waals surface area contributed by atoms with E-state index in [4.69, 9.17) is 0 Å². The first-order valence-corrected chi connectivity index (χ1v) is 6.89. The van der Waals surface area contributed by atoms with Crippen molar-refractivity contribution in [1.29, 1.82) is 0 Å². The number of aryl methyl sites for hydroxylation is 1. The number of rotatable bonds is 2. The highest BCUT2D eigenvalue weighted by molar-refractivity contribution is 7.15. The molecule has 3 aromatic heterocycles. The molecule has 0 aromatic carbocycles. The summed E-state index contributed by atoms with van der Waals surface area (Å²) >= 11 is 2.89. The summed E-state index contributed by atoms with van der Waals surface area (Å²) in [6, 6.07) is -0.318. The van der Waals surface area contributed by atoms with Gasteiger partial charge in [0.25, 0.3) is 0 Å². The molecule has 0 radical (unpaired) electrons. The Morgan fingerprint density at radius 1 is 1.33 bits per heavy atom. The number of urea groups is 1. The molecule has 0 aliphatic rings. The van der Waals surface area contributed by atoms with Gasteiger partial charge in [0.1, 0.15) is 5.82 Å². The third kappa shape index (κ3) is 1.95. The largest absolute Gasteiger partial charge is 0.326 e. The van der Waals surface area contributed by atoms with E-state index in [1.54, 1.807) is 11.6 Å². The Bertz CT molecular complexity index is 684. The van der Waals surface area contributed by atoms with Crippen LogP contribution in [0, 0.1) is 6.92 Å². The molecule has 0 bridgehead atoms. The van der Waals surface area contributed by atoms with Gasteiger partial charge in [0.15, 0.2) is 10.1 Å². The molecule has 0 aliphatic carbocycles. The molecule has 3 heterocycles. The molecule has 8 heteroatoms. The summed E-state index contributed by atoms with van der Waals surface area (Å²) in [6.45, 7) is 1.86. The van der Waals surface area contributed by atoms with Crippen LogP contribution in [0.2, 0.25) is 0 Å². The van der Waals surface area contributed by atoms with E-state index in [9.17, 15) is 4.79 Å². The number of thiazole rings is 2. The minimum absolute atomic E-state index is 0.318. The summed E-state index contributed by atoms with van der Waals surface area (Å²) in [5.74, 6) is 0.681. The molecule has 2 amide bonds. The van der Waals surface area contributed by atoms with E-state index in [-0.39, 0.29) is 6.03 Å². The smallest absolute Gasteiger partial charge is 0.292 e. The standard InChI is InChI=1S/C10H9N5OS2/c1-6-7(15-3-5-18-10(15)12-6)13-8(16)14-9-11-2-4-17-9/h2-5H,1H3,(H2,11,13,14,16). The lowest BCUT2D eigenvalue weighted by molar-refractivity contribution is 0.262. The minimum Gasteiger partial charge on any atom is -0.292 e. The molecule has 3 rings (SSSR count). The van der Waals surface area contributed by atoms with Gasteiger partial charge in [-0.05, 0) is 6.92 Å². The second-order valence-corrected chi connectivity index (χ2v) is 5.29. The molecule has 0 unspecified atom stereocenters. The minimum atomic E-state index is -0.318. The second kappa shape index (κ2) is 4.39. The van der Waals surface area contributed by atoms with Gasteiger partial charge in [-0.3, -0.25) is 15.0 Å². The lowest BCUT2D eigenvalue weighted by Gasteiger charge is -2.04. The molecule has 0 saturated heterocycles. The molecule has 0 spiro atoms. The SMILES string of the molecule is Cc1nc2sccn2c1NC(=O)Nc1nccs1. The number of carbonyl (C=O) groups excluding carboxylic acids is 1. The number of hydrogen-bond acceptors (Lipinski definition) is 5. The summed E-state index contributed by atoms with van der Waals surface area (Å²) in [7, 11) is 0. The van der Waals surface area contributed by atoms with Crippen molar-refractivity contribution in [2.45, 2.75) is 6.92 Å². The van der Waals surface area contributed by atoms with Crippen LogP contribution >= 0.6 is 22.7 Å². The number of nitrogens with zero attached hydrogens (tertiary/aromatic N) is 3. The maximum atomic E-state index is 11.8. The van der Waals surface area contributed by atoms with E-state index < -0.39 is 0 Å². The predicted octanol–water partition coefficient (Wildman–Crippen LogP) is 2.80. The number of hydrogen-bond donors (Lipinski definition) is 2. The fourth-order valence-corrected chi connectivity index (χ4v) is 2.85. The fraction of sp³-hybridized carbons (Fsp3) is 0.100. The first-order chi connectivity index (χ1) is 8.74. The Kier molecular flexibility index (Phi) is 2.73. The summed E-state index contributed by atoms with van der Waals surface area (Å²) < 4.78 is 1.85. The first-order valence-electron chi connectivity index (χ1n) is 5.13. The van der Waals surface area contributed by atoms with Crippen LogP contribution in [-0.4, -0.2) is 20.4 Å². The number of carbonyl (C=O) groups is 1. The van der Waals surface area contributed by atoms with E-state index in [0.29, 0.717) is 10.9 Å². The number of amides is 2. The molecular weight excluding hydrogens is 270 g/mol. The Labute approximate surface area is 110 Å². The highest BCUT2D eigenvalue weighted by atomic mass is 32.1. The van der Waals surface area contributed by atoms with Crippen LogP contribution in [0.1, 0.15) is 5.69 Å². The van der Waals surface area contributed by atoms with Gasteiger partial charge in [0.2, 0.25) is 0 Å². The lowest BCUT2D eigenvalue weighted by Crippen LogP contribution is -2.20. The zero-order chi connectivity index (χ0) is 12.5. The zero-order valence-corrected chi connectivity index (χ0v) is 11.0. The van der Waals surface area contributed by atoms with Crippen molar-refractivity contribution in [3.05, 3.63) is 28.8 Å². The van der Waals surface area contributed by atoms with Crippen molar-refractivity contribution in [2.24, 2.45) is 0 Å². The highest BCUT2D eigenvalue weighted by Crippen LogP contribution is 2.21. The van der Waals surface area contributed by atoms with Gasteiger partial charge in [0.05, 0.1) is 5.69 Å². The Balaban J connectivity index is 1.81. The predicted molar refractivity (Wildman–Crippen MR) is 72.6 cm³/mol. The Morgan fingerprint density at radius 3 is 3.00 bits per heavy atom. The Hall–Kier alpha value is -1.93. The van der Waals surface area contributed by atoms with Crippen molar-refractivity contribution >= 4 is 44.6 Å². The van der Waals surface area contributed by atoms with E-state index in [2.05, 4.69) is 20.6 Å². The Morgan fingerprint density at radius 2 is 2.22 bits per heavy atom. The molecule has 0 atom stereocenters. The fourth-order valence-electron chi connectivity index (χ4n) is 1.57. The lowest BCUT2D eigenvalue weighted by atomic mass is 10.5. The quantitative estimate of drug-likeness (QED) is 0.757. The number of aromatic nitrogens is 3. The molecule has 92 valence electrons. The molecule has 6 nitrogen and oxygen atoms in total. The normalized spacial score (nSPS) is 10.7. The van der Waals surface area contributed by atoms with Crippen LogP contribution in [0.25, 0.3) is 4.96 Å². The van der Waals surface area contributed by atoms with Crippen molar-refractivity contribution in [3.8, 4) is 0 Å². The van der Waals surface area contributed by atoms with Crippen LogP contribution < -0.4 is 10.6 Å². The average molecular weight is 279 g/mol. The molecule has 0 aliphatic heterocycles. The van der Waals surface area contributed by atoms with E-state index in [1.165, 1.54) is 22.7 Å². The van der Waals surface area contributed by atoms with Crippen molar-refractivity contribution < 1.29 is 4.79 Å². The number of nitrogens with one attached hydrogen (secondary N) is 2. The van der Waals surface area contributed by atoms with E-state index in [1.807, 2.05) is 22.9 Å². The zero-order valence-electron chi connectivity index (χ0n) is 9.38. The molecule has 0 saturated carbocycles. The number of anilines is 2. The number of fused-ring (bicyclic) bond motifs is 1. The van der Waals surface area contributed by atoms with Gasteiger partial charge >= 0.3 is 6.03 Å². The van der Waals surface area contributed by atoms with Gasteiger partial charge < -0.3 is 0 Å². The monoisotopic (exact) mass is 279 g/mol. The van der Waals surface area contributed by atoms with Gasteiger partial charge in [-0.2, -0.15) is 0 Å². The third-order valence-electron chi connectivity index (χ3n) is 2.32. The van der Waals surface area contributed by atoms with E-state index in [0.717, 1.165) is 10.7 Å². The molecule has 18 heavy (non-hydrogen) atoms. The molecular formula is C10H9N5OS2. The van der Waals surface area contributed by atoms with Crippen LogP contribution in [0.5, 0.6) is 0 Å². The topological polar surface area (TPSA) is 71.3 Å². The van der Waals surface area contributed by atoms with Crippen molar-refractivity contribution in [3.63, 3.8) is 0 Å². The van der Waals surface area contributed by atoms with Crippen molar-refractivity contribution in [2.75, 3.05) is 10.6 Å². The first kappa shape index (κ1) is 11.2. The maximum absolute atomic E-state index is 11.8. The van der Waals surface area contributed by atoms with Gasteiger partial charge in [0, 0.05) is 23.2 Å². The molecule has 0 fully saturated rings. The van der Waals surface area contributed by atoms with Crippen molar-refractivity contribution in [1.82, 2.24) is 14.4 Å². The summed E-state index contributed by atoms with van der Waals surface area (Å²) in [4.78, 5) is 21.0. The maximum Gasteiger partial charge on any atom is 0.326 e. The van der Waals surface area contributed by atoms with Crippen LogP contribution in [0.15, 0.2) is 23.2 Å².